The van der Waals surface area contributed by atoms with Gasteiger partial charge in [-0.2, -0.15) is 0 Å². The Morgan fingerprint density at radius 3 is 2.93 bits per heavy atom. The molecule has 0 aromatic carbocycles. The van der Waals surface area contributed by atoms with Gasteiger partial charge in [-0.3, -0.25) is 0 Å². The van der Waals surface area contributed by atoms with Gasteiger partial charge in [0, 0.05) is 32.9 Å². The lowest BCUT2D eigenvalue weighted by molar-refractivity contribution is 0.205. The second kappa shape index (κ2) is 6.28. The van der Waals surface area contributed by atoms with Crippen molar-refractivity contribution in [1.29, 1.82) is 0 Å². The predicted octanol–water partition coefficient (Wildman–Crippen LogP) is -0.112. The molecule has 0 unspecified atom stereocenters. The molecular weight excluding hydrogens is 180 g/mol. The van der Waals surface area contributed by atoms with Crippen LogP contribution in [0.1, 0.15) is 0 Å². The van der Waals surface area contributed by atoms with E-state index >= 15 is 0 Å². The maximum absolute atomic E-state index is 5.51. The summed E-state index contributed by atoms with van der Waals surface area (Å²) in [5, 5.41) is 0. The number of ether oxygens (including phenoxy) is 1. The largest absolute Gasteiger partial charge is 0.383 e. The van der Waals surface area contributed by atoms with Crippen LogP contribution in [0.25, 0.3) is 0 Å². The van der Waals surface area contributed by atoms with Crippen molar-refractivity contribution in [2.75, 3.05) is 38.3 Å². The lowest BCUT2D eigenvalue weighted by Crippen LogP contribution is -2.32. The van der Waals surface area contributed by atoms with Gasteiger partial charge in [0.2, 0.25) is 0 Å². The summed E-state index contributed by atoms with van der Waals surface area (Å²) in [6, 6.07) is 1.87. The number of methoxy groups -OCH3 is 1. The molecule has 0 saturated carbocycles. The van der Waals surface area contributed by atoms with Crippen LogP contribution in [-0.4, -0.2) is 43.3 Å². The van der Waals surface area contributed by atoms with Crippen molar-refractivity contribution in [2.24, 2.45) is 5.73 Å². The minimum absolute atomic E-state index is 0.605. The van der Waals surface area contributed by atoms with Crippen molar-refractivity contribution in [3.05, 3.63) is 18.6 Å². The molecule has 0 radical (unpaired) electrons. The maximum atomic E-state index is 5.51. The summed E-state index contributed by atoms with van der Waals surface area (Å²) in [7, 11) is 1.68. The number of anilines is 1. The third kappa shape index (κ3) is 3.27. The zero-order valence-electron chi connectivity index (χ0n) is 8.39. The quantitative estimate of drug-likeness (QED) is 0.687. The number of rotatable bonds is 6. The summed E-state index contributed by atoms with van der Waals surface area (Å²) < 4.78 is 5.01. The number of hydrogen-bond donors (Lipinski definition) is 1. The Bertz CT molecular complexity index is 242. The van der Waals surface area contributed by atoms with E-state index in [0.717, 1.165) is 18.9 Å². The fourth-order valence-electron chi connectivity index (χ4n) is 1.17. The molecule has 0 bridgehead atoms. The van der Waals surface area contributed by atoms with Crippen LogP contribution in [0.5, 0.6) is 0 Å². The highest BCUT2D eigenvalue weighted by molar-refractivity contribution is 5.36. The van der Waals surface area contributed by atoms with E-state index in [9.17, 15) is 0 Å². The fraction of sp³-hybridized carbons (Fsp3) is 0.556. The SMILES string of the molecule is COCCN(CCN)c1ccncn1. The Morgan fingerprint density at radius 1 is 1.50 bits per heavy atom. The Kier molecular flexibility index (Phi) is 4.88. The van der Waals surface area contributed by atoms with E-state index < -0.39 is 0 Å². The van der Waals surface area contributed by atoms with Crippen LogP contribution in [0.15, 0.2) is 18.6 Å². The third-order valence-electron chi connectivity index (χ3n) is 1.85. The number of hydrogen-bond acceptors (Lipinski definition) is 5. The van der Waals surface area contributed by atoms with Gasteiger partial charge in [-0.1, -0.05) is 0 Å². The second-order valence-electron chi connectivity index (χ2n) is 2.84. The van der Waals surface area contributed by atoms with E-state index in [1.54, 1.807) is 13.3 Å². The average molecular weight is 196 g/mol. The number of aromatic nitrogens is 2. The van der Waals surface area contributed by atoms with Crippen LogP contribution in [0.3, 0.4) is 0 Å². The van der Waals surface area contributed by atoms with Crippen molar-refractivity contribution in [2.45, 2.75) is 0 Å². The van der Waals surface area contributed by atoms with Crippen LogP contribution in [0.4, 0.5) is 5.82 Å². The lowest BCUT2D eigenvalue weighted by atomic mass is 10.4. The second-order valence-corrected chi connectivity index (χ2v) is 2.84. The van der Waals surface area contributed by atoms with Gasteiger partial charge < -0.3 is 15.4 Å². The standard InChI is InChI=1S/C9H16N4O/c1-14-7-6-13(5-3-10)9-2-4-11-8-12-9/h2,4,8H,3,5-7,10H2,1H3. The number of nitrogens with two attached hydrogens (primary N) is 1. The van der Waals surface area contributed by atoms with E-state index in [4.69, 9.17) is 10.5 Å². The first-order chi connectivity index (χ1) is 6.88. The van der Waals surface area contributed by atoms with Crippen molar-refractivity contribution < 1.29 is 4.74 Å². The molecule has 5 heteroatoms. The van der Waals surface area contributed by atoms with Crippen molar-refractivity contribution in [3.8, 4) is 0 Å². The van der Waals surface area contributed by atoms with Gasteiger partial charge >= 0.3 is 0 Å². The molecule has 0 saturated heterocycles. The van der Waals surface area contributed by atoms with Crippen LogP contribution < -0.4 is 10.6 Å². The van der Waals surface area contributed by atoms with Crippen LogP contribution in [0.2, 0.25) is 0 Å². The Balaban J connectivity index is 2.58. The Labute approximate surface area is 83.9 Å². The minimum Gasteiger partial charge on any atom is -0.383 e. The van der Waals surface area contributed by atoms with E-state index in [1.165, 1.54) is 6.33 Å². The first-order valence-electron chi connectivity index (χ1n) is 4.58. The molecule has 1 heterocycles. The van der Waals surface area contributed by atoms with Gasteiger partial charge in [0.15, 0.2) is 0 Å². The van der Waals surface area contributed by atoms with Gasteiger partial charge in [0.05, 0.1) is 6.61 Å². The molecule has 14 heavy (non-hydrogen) atoms. The monoisotopic (exact) mass is 196 g/mol. The summed E-state index contributed by atoms with van der Waals surface area (Å²) in [5.41, 5.74) is 5.51. The third-order valence-corrected chi connectivity index (χ3v) is 1.85. The van der Waals surface area contributed by atoms with Crippen LogP contribution in [-0.2, 0) is 4.74 Å². The van der Waals surface area contributed by atoms with Gasteiger partial charge in [-0.05, 0) is 6.07 Å². The molecule has 0 aliphatic rings. The van der Waals surface area contributed by atoms with Crippen LogP contribution >= 0.6 is 0 Å². The Hall–Kier alpha value is -1.20. The lowest BCUT2D eigenvalue weighted by Gasteiger charge is -2.21. The molecule has 1 aromatic heterocycles. The molecule has 5 nitrogen and oxygen atoms in total. The van der Waals surface area contributed by atoms with Gasteiger partial charge in [0.25, 0.3) is 0 Å². The highest BCUT2D eigenvalue weighted by Gasteiger charge is 2.05. The molecule has 0 spiro atoms. The molecule has 0 aliphatic carbocycles. The molecule has 0 fully saturated rings. The minimum atomic E-state index is 0.605. The zero-order chi connectivity index (χ0) is 10.2. The van der Waals surface area contributed by atoms with Crippen molar-refractivity contribution in [3.63, 3.8) is 0 Å². The average Bonchev–Trinajstić information content (AvgIpc) is 2.25. The summed E-state index contributed by atoms with van der Waals surface area (Å²) in [5.74, 6) is 0.891. The molecule has 1 rings (SSSR count). The molecule has 0 amide bonds. The maximum Gasteiger partial charge on any atom is 0.132 e. The first kappa shape index (κ1) is 10.9. The topological polar surface area (TPSA) is 64.3 Å². The summed E-state index contributed by atoms with van der Waals surface area (Å²) >= 11 is 0. The molecule has 2 N–H and O–H groups in total. The zero-order valence-corrected chi connectivity index (χ0v) is 8.39. The van der Waals surface area contributed by atoms with E-state index in [2.05, 4.69) is 14.9 Å². The van der Waals surface area contributed by atoms with E-state index in [1.807, 2.05) is 6.07 Å². The van der Waals surface area contributed by atoms with Gasteiger partial charge in [0.1, 0.15) is 12.1 Å². The molecular formula is C9H16N4O. The first-order valence-corrected chi connectivity index (χ1v) is 4.58. The predicted molar refractivity (Wildman–Crippen MR) is 55.2 cm³/mol. The Morgan fingerprint density at radius 2 is 2.36 bits per heavy atom. The fourth-order valence-corrected chi connectivity index (χ4v) is 1.17. The summed E-state index contributed by atoms with van der Waals surface area (Å²) in [6.45, 7) is 2.85. The smallest absolute Gasteiger partial charge is 0.132 e. The molecule has 1 aromatic rings. The highest BCUT2D eigenvalue weighted by Crippen LogP contribution is 2.06. The van der Waals surface area contributed by atoms with Crippen LogP contribution in [0, 0.1) is 0 Å². The van der Waals surface area contributed by atoms with Crippen molar-refractivity contribution in [1.82, 2.24) is 9.97 Å². The van der Waals surface area contributed by atoms with E-state index in [-0.39, 0.29) is 0 Å². The van der Waals surface area contributed by atoms with Crippen molar-refractivity contribution >= 4 is 5.82 Å². The molecule has 0 aliphatic heterocycles. The normalized spacial score (nSPS) is 10.1. The molecule has 0 atom stereocenters. The van der Waals surface area contributed by atoms with E-state index in [0.29, 0.717) is 13.2 Å². The summed E-state index contributed by atoms with van der Waals surface area (Å²) in [4.78, 5) is 10.1. The number of nitrogens with zero attached hydrogens (tertiary/aromatic N) is 3. The molecule has 78 valence electrons. The highest BCUT2D eigenvalue weighted by atomic mass is 16.5. The van der Waals surface area contributed by atoms with Gasteiger partial charge in [-0.15, -0.1) is 0 Å². The summed E-state index contributed by atoms with van der Waals surface area (Å²) in [6.07, 6.45) is 3.25. The van der Waals surface area contributed by atoms with Gasteiger partial charge in [-0.25, -0.2) is 9.97 Å².